The molecule has 0 amide bonds. The van der Waals surface area contributed by atoms with Crippen molar-refractivity contribution in [1.29, 1.82) is 0 Å². The SMILES string of the molecule is CCNc1nc(NC(C)C)nc(OC)n1.CCNc1nc(NCC)nc(OC)n1.CCNc1nc(NCC)nc(SC)n1.CSc1nc(NC(C)C)nc(NC(C)C)n1. The van der Waals surface area contributed by atoms with E-state index in [1.54, 1.807) is 0 Å². The van der Waals surface area contributed by atoms with Gasteiger partial charge in [0, 0.05) is 50.8 Å². The first-order valence-corrected chi connectivity index (χ1v) is 21.9. The highest BCUT2D eigenvalue weighted by Gasteiger charge is 2.09. The van der Waals surface area contributed by atoms with Crippen LogP contribution in [0.5, 0.6) is 12.0 Å². The summed E-state index contributed by atoms with van der Waals surface area (Å²) in [6.45, 7) is 26.1. The van der Waals surface area contributed by atoms with Crippen molar-refractivity contribution in [2.24, 2.45) is 0 Å². The van der Waals surface area contributed by atoms with Crippen LogP contribution in [-0.4, -0.2) is 137 Å². The quantitative estimate of drug-likeness (QED) is 0.0505. The van der Waals surface area contributed by atoms with Gasteiger partial charge in [0.25, 0.3) is 0 Å². The van der Waals surface area contributed by atoms with Crippen LogP contribution in [0.25, 0.3) is 0 Å². The third-order valence-corrected chi connectivity index (χ3v) is 7.21. The summed E-state index contributed by atoms with van der Waals surface area (Å²) >= 11 is 3.02. The van der Waals surface area contributed by atoms with Gasteiger partial charge in [-0.15, -0.1) is 0 Å². The van der Waals surface area contributed by atoms with Gasteiger partial charge in [-0.25, -0.2) is 0 Å². The number of anilines is 8. The molecule has 59 heavy (non-hydrogen) atoms. The van der Waals surface area contributed by atoms with Gasteiger partial charge in [-0.05, 0) is 88.7 Å². The number of methoxy groups -OCH3 is 2. The Kier molecular flexibility index (Phi) is 26.2. The van der Waals surface area contributed by atoms with Crippen molar-refractivity contribution >= 4 is 71.1 Å². The summed E-state index contributed by atoms with van der Waals surface area (Å²) in [7, 11) is 3.06. The summed E-state index contributed by atoms with van der Waals surface area (Å²) in [5.41, 5.74) is 0. The Hall–Kier alpha value is -5.26. The zero-order chi connectivity index (χ0) is 44.2. The summed E-state index contributed by atoms with van der Waals surface area (Å²) in [6, 6.07) is 1.51. The second kappa shape index (κ2) is 29.9. The van der Waals surface area contributed by atoms with Crippen molar-refractivity contribution in [3.05, 3.63) is 0 Å². The molecule has 0 saturated carbocycles. The van der Waals surface area contributed by atoms with Crippen LogP contribution in [0.3, 0.4) is 0 Å². The fourth-order valence-electron chi connectivity index (χ4n) is 3.95. The average molecular weight is 863 g/mol. The highest BCUT2D eigenvalue weighted by atomic mass is 32.2. The molecule has 8 N–H and O–H groups in total. The molecule has 4 rings (SSSR count). The number of rotatable bonds is 20. The van der Waals surface area contributed by atoms with Crippen LogP contribution in [0.2, 0.25) is 0 Å². The maximum absolute atomic E-state index is 4.98. The van der Waals surface area contributed by atoms with E-state index in [0.29, 0.717) is 71.7 Å². The Morgan fingerprint density at radius 1 is 0.373 bits per heavy atom. The summed E-state index contributed by atoms with van der Waals surface area (Å²) in [5.74, 6) is 4.59. The summed E-state index contributed by atoms with van der Waals surface area (Å²) < 4.78 is 9.93. The Morgan fingerprint density at radius 3 is 0.847 bits per heavy atom. The molecule has 0 atom stereocenters. The van der Waals surface area contributed by atoms with E-state index in [2.05, 4.69) is 130 Å². The topological polar surface area (TPSA) is 269 Å². The Labute approximate surface area is 358 Å². The Morgan fingerprint density at radius 2 is 0.593 bits per heavy atom. The van der Waals surface area contributed by atoms with Gasteiger partial charge in [-0.3, -0.25) is 0 Å². The molecule has 0 aliphatic heterocycles. The first kappa shape index (κ1) is 51.8. The molecule has 0 radical (unpaired) electrons. The largest absolute Gasteiger partial charge is 0.467 e. The second-order valence-electron chi connectivity index (χ2n) is 12.4. The van der Waals surface area contributed by atoms with Crippen molar-refractivity contribution in [2.75, 3.05) is 102 Å². The molecule has 0 bridgehead atoms. The number of thioether (sulfide) groups is 2. The summed E-state index contributed by atoms with van der Waals surface area (Å²) in [5, 5.41) is 26.0. The minimum atomic E-state index is 0.270. The third-order valence-electron chi connectivity index (χ3n) is 6.12. The lowest BCUT2D eigenvalue weighted by Crippen LogP contribution is -2.17. The standard InChI is InChI=1S/C10H19N5S.C9H17N5O.C8H15N5O.C8H15N5S/c1-6(2)11-8-13-9(12-7(3)4)15-10(14-8)16-5;1-5-10-7-12-8(11-6(2)3)14-9(13-7)15-4;2*1-4-9-6-11-7(10-5-2)13-8(12-6)14-3/h6-7H,1-5H3,(H2,11,12,13,14,15);6H,5H2,1-4H3,(H2,10,11,12,13,14);2*4-5H2,1-3H3,(H2,9,10,11,12,13). The summed E-state index contributed by atoms with van der Waals surface area (Å²) in [4.78, 5) is 50.0. The van der Waals surface area contributed by atoms with Gasteiger partial charge >= 0.3 is 12.0 Å². The molecule has 24 heteroatoms. The van der Waals surface area contributed by atoms with Gasteiger partial charge in [-0.2, -0.15) is 59.8 Å². The van der Waals surface area contributed by atoms with Crippen molar-refractivity contribution in [1.82, 2.24) is 59.8 Å². The van der Waals surface area contributed by atoms with Crippen LogP contribution >= 0.6 is 23.5 Å². The van der Waals surface area contributed by atoms with Gasteiger partial charge in [-0.1, -0.05) is 23.5 Å². The van der Waals surface area contributed by atoms with E-state index in [1.807, 2.05) is 61.0 Å². The zero-order valence-electron chi connectivity index (χ0n) is 37.3. The van der Waals surface area contributed by atoms with Gasteiger partial charge < -0.3 is 52.0 Å². The molecule has 0 spiro atoms. The van der Waals surface area contributed by atoms with Crippen molar-refractivity contribution < 1.29 is 9.47 Å². The second-order valence-corrected chi connectivity index (χ2v) is 14.0. The molecule has 4 heterocycles. The Balaban J connectivity index is 0.000000394. The number of nitrogens with zero attached hydrogens (tertiary/aromatic N) is 12. The van der Waals surface area contributed by atoms with E-state index in [9.17, 15) is 0 Å². The lowest BCUT2D eigenvalue weighted by Gasteiger charge is -2.12. The van der Waals surface area contributed by atoms with Gasteiger partial charge in [0.2, 0.25) is 47.6 Å². The van der Waals surface area contributed by atoms with E-state index in [0.717, 1.165) is 43.0 Å². The number of ether oxygens (including phenoxy) is 2. The zero-order valence-corrected chi connectivity index (χ0v) is 38.9. The number of nitrogens with one attached hydrogen (secondary N) is 8. The molecule has 0 unspecified atom stereocenters. The number of aromatic nitrogens is 12. The molecule has 0 fully saturated rings. The predicted octanol–water partition coefficient (Wildman–Crippen LogP) is 5.57. The maximum Gasteiger partial charge on any atom is 0.322 e. The molecule has 0 saturated heterocycles. The van der Waals surface area contributed by atoms with Crippen molar-refractivity contribution in [2.45, 2.75) is 105 Å². The molecule has 0 aromatic carbocycles. The van der Waals surface area contributed by atoms with E-state index in [-0.39, 0.29) is 6.04 Å². The smallest absolute Gasteiger partial charge is 0.322 e. The summed E-state index contributed by atoms with van der Waals surface area (Å²) in [6.07, 6.45) is 3.90. The molecule has 0 aliphatic rings. The number of hydrogen-bond acceptors (Lipinski definition) is 24. The van der Waals surface area contributed by atoms with Crippen LogP contribution in [0.15, 0.2) is 10.3 Å². The lowest BCUT2D eigenvalue weighted by molar-refractivity contribution is 0.379. The third kappa shape index (κ3) is 22.5. The van der Waals surface area contributed by atoms with Crippen LogP contribution in [0, 0.1) is 0 Å². The van der Waals surface area contributed by atoms with Crippen molar-refractivity contribution in [3.8, 4) is 12.0 Å². The normalized spacial score (nSPS) is 10.2. The molecule has 330 valence electrons. The first-order chi connectivity index (χ1) is 28.2. The van der Waals surface area contributed by atoms with Gasteiger partial charge in [0.1, 0.15) is 0 Å². The van der Waals surface area contributed by atoms with E-state index < -0.39 is 0 Å². The van der Waals surface area contributed by atoms with Crippen LogP contribution in [0.1, 0.15) is 76.2 Å². The van der Waals surface area contributed by atoms with Crippen molar-refractivity contribution in [3.63, 3.8) is 0 Å². The minimum absolute atomic E-state index is 0.270. The fraction of sp³-hybridized carbons (Fsp3) is 0.657. The molecule has 22 nitrogen and oxygen atoms in total. The molecular weight excluding hydrogens is 797 g/mol. The predicted molar refractivity (Wildman–Crippen MR) is 243 cm³/mol. The first-order valence-electron chi connectivity index (χ1n) is 19.4. The minimum Gasteiger partial charge on any atom is -0.467 e. The van der Waals surface area contributed by atoms with Gasteiger partial charge in [0.05, 0.1) is 14.2 Å². The molecule has 4 aromatic heterocycles. The molecule has 0 aliphatic carbocycles. The van der Waals surface area contributed by atoms with Crippen LogP contribution in [-0.2, 0) is 0 Å². The highest BCUT2D eigenvalue weighted by Crippen LogP contribution is 2.16. The van der Waals surface area contributed by atoms with Crippen LogP contribution in [0.4, 0.5) is 47.6 Å². The van der Waals surface area contributed by atoms with Crippen LogP contribution < -0.4 is 52.0 Å². The molecular formula is C35H66N20O2S2. The average Bonchev–Trinajstić information content (AvgIpc) is 3.18. The van der Waals surface area contributed by atoms with E-state index in [1.165, 1.54) is 37.7 Å². The Bertz CT molecular complexity index is 1600. The monoisotopic (exact) mass is 863 g/mol. The molecule has 4 aromatic rings. The van der Waals surface area contributed by atoms with E-state index >= 15 is 0 Å². The number of hydrogen-bond donors (Lipinski definition) is 8. The maximum atomic E-state index is 4.98. The van der Waals surface area contributed by atoms with E-state index in [4.69, 9.17) is 9.47 Å². The highest BCUT2D eigenvalue weighted by molar-refractivity contribution is 7.98. The fourth-order valence-corrected chi connectivity index (χ4v) is 4.66. The lowest BCUT2D eigenvalue weighted by atomic mass is 10.4. The van der Waals surface area contributed by atoms with Gasteiger partial charge in [0.15, 0.2) is 10.3 Å².